The molecule has 398 valence electrons. The third-order valence-electron chi connectivity index (χ3n) is 17.8. The summed E-state index contributed by atoms with van der Waals surface area (Å²) in [5.41, 5.74) is 20.3. The van der Waals surface area contributed by atoms with E-state index in [0.29, 0.717) is 11.6 Å². The molecule has 18 rings (SSSR count). The Bertz CT molecular complexity index is 5900. The van der Waals surface area contributed by atoms with E-state index in [9.17, 15) is 0 Å². The van der Waals surface area contributed by atoms with E-state index in [4.69, 9.17) is 16.5 Å². The molecule has 0 N–H and O–H groups in total. The molecule has 7 heteroatoms. The summed E-state index contributed by atoms with van der Waals surface area (Å²) in [6.07, 6.45) is 0. The Labute approximate surface area is 493 Å². The zero-order valence-corrected chi connectivity index (χ0v) is 46.3. The molecule has 5 heterocycles. The highest BCUT2D eigenvalue weighted by Crippen LogP contribution is 2.43. The summed E-state index contributed by atoms with van der Waals surface area (Å²) in [6, 6.07) is 102. The van der Waals surface area contributed by atoms with Gasteiger partial charge in [0.2, 0.25) is 5.95 Å². The summed E-state index contributed by atoms with van der Waals surface area (Å²) in [4.78, 5) is 14.8. The van der Waals surface area contributed by atoms with Crippen molar-refractivity contribution in [1.82, 2.24) is 28.2 Å². The fraction of sp³-hybridized carbons (Fsp3) is 0. The molecular weight excluding hydrogens is 1050 g/mol. The summed E-state index contributed by atoms with van der Waals surface area (Å²) < 4.78 is 9.33. The summed E-state index contributed by atoms with van der Waals surface area (Å²) in [5, 5.41) is 12.6. The maximum absolute atomic E-state index is 7.51. The van der Waals surface area contributed by atoms with Gasteiger partial charge in [-0.2, -0.15) is 0 Å². The number of hydrogen-bond acceptors (Lipinski definition) is 2. The van der Waals surface area contributed by atoms with E-state index in [2.05, 4.69) is 284 Å². The largest absolute Gasteiger partial charge is 0.309 e. The average Bonchev–Trinajstić information content (AvgIpc) is 2.48. The van der Waals surface area contributed by atoms with Gasteiger partial charge in [0.25, 0.3) is 0 Å². The van der Waals surface area contributed by atoms with Crippen molar-refractivity contribution in [3.8, 4) is 56.5 Å². The van der Waals surface area contributed by atoms with E-state index in [1.165, 1.54) is 43.4 Å². The minimum absolute atomic E-state index is 0.623. The summed E-state index contributed by atoms with van der Waals surface area (Å²) in [7, 11) is 0. The standard InChI is InChI=1S/C79H47N7/c1-80-55-33-35-57(36-34-55)84-70-25-13-9-21-61(70)66-46-50(30-41-74(66)84)52-31-42-75-67(47-52)62-22-10-14-26-71(62)85(75)58-37-39-59-54(44-58)28-38-64-77(49-16-4-2-5-17-49)81-79(82-78(59)64)86-72-27-15-11-23-63(72)68-48-53(32-43-76(68)86)51-29-40-73-65(45-51)60-20-8-12-24-69(60)83(73)56-18-6-3-7-19-56/h2-48H. The van der Waals surface area contributed by atoms with Crippen LogP contribution in [-0.4, -0.2) is 28.2 Å². The Morgan fingerprint density at radius 3 is 1.13 bits per heavy atom. The Morgan fingerprint density at radius 2 is 0.640 bits per heavy atom. The molecule has 0 aliphatic carbocycles. The highest BCUT2D eigenvalue weighted by atomic mass is 15.2. The van der Waals surface area contributed by atoms with E-state index < -0.39 is 0 Å². The first-order chi connectivity index (χ1) is 42.6. The van der Waals surface area contributed by atoms with Crippen LogP contribution in [0.25, 0.3) is 170 Å². The zero-order chi connectivity index (χ0) is 56.6. The van der Waals surface area contributed by atoms with Crippen LogP contribution in [0.4, 0.5) is 5.69 Å². The van der Waals surface area contributed by atoms with Crippen LogP contribution in [0.15, 0.2) is 285 Å². The lowest BCUT2D eigenvalue weighted by Crippen LogP contribution is -2.04. The van der Waals surface area contributed by atoms with Gasteiger partial charge in [0.1, 0.15) is 0 Å². The fourth-order valence-electron chi connectivity index (χ4n) is 13.9. The maximum Gasteiger partial charge on any atom is 0.235 e. The number of fused-ring (bicyclic) bond motifs is 15. The Hall–Kier alpha value is -11.9. The molecule has 0 unspecified atom stereocenters. The molecule has 0 radical (unpaired) electrons. The number of nitrogens with zero attached hydrogens (tertiary/aromatic N) is 7. The fourth-order valence-corrected chi connectivity index (χ4v) is 13.9. The smallest absolute Gasteiger partial charge is 0.235 e. The lowest BCUT2D eigenvalue weighted by atomic mass is 10.0. The predicted octanol–water partition coefficient (Wildman–Crippen LogP) is 20.7. The number of benzene rings is 13. The first kappa shape index (κ1) is 47.8. The minimum atomic E-state index is 0.623. The third kappa shape index (κ3) is 7.14. The van der Waals surface area contributed by atoms with E-state index >= 15 is 0 Å². The molecule has 18 aromatic rings. The quantitative estimate of drug-likeness (QED) is 0.118. The first-order valence-electron chi connectivity index (χ1n) is 29.1. The molecule has 0 spiro atoms. The van der Waals surface area contributed by atoms with Gasteiger partial charge in [-0.15, -0.1) is 0 Å². The van der Waals surface area contributed by atoms with Crippen LogP contribution < -0.4 is 0 Å². The van der Waals surface area contributed by atoms with Gasteiger partial charge in [0, 0.05) is 76.5 Å². The van der Waals surface area contributed by atoms with Crippen molar-refractivity contribution in [2.24, 2.45) is 0 Å². The monoisotopic (exact) mass is 1090 g/mol. The number of rotatable bonds is 7. The Kier molecular flexibility index (Phi) is 10.3. The normalized spacial score (nSPS) is 11.9. The van der Waals surface area contributed by atoms with Gasteiger partial charge in [-0.1, -0.05) is 170 Å². The van der Waals surface area contributed by atoms with Gasteiger partial charge in [0.05, 0.1) is 61.9 Å². The SMILES string of the molecule is [C-]#[N+]c1ccc(-n2c3ccccc3c3cc(-c4ccc5c(c4)c4ccccc4n5-c4ccc5c(ccc6c(-c7ccccc7)nc(-n7c8ccccc8c8cc(-c9ccc%10c(c9)c9ccccc9n%10-c9ccccc9)ccc87)nc65)c4)ccc32)cc1. The van der Waals surface area contributed by atoms with E-state index in [1.54, 1.807) is 0 Å². The molecule has 0 atom stereocenters. The van der Waals surface area contributed by atoms with Gasteiger partial charge >= 0.3 is 0 Å². The van der Waals surface area contributed by atoms with Crippen molar-refractivity contribution in [2.45, 2.75) is 0 Å². The van der Waals surface area contributed by atoms with E-state index in [0.717, 1.165) is 116 Å². The molecule has 86 heavy (non-hydrogen) atoms. The van der Waals surface area contributed by atoms with Crippen LogP contribution in [0, 0.1) is 6.57 Å². The molecular formula is C79H47N7. The zero-order valence-electron chi connectivity index (χ0n) is 46.3. The lowest BCUT2D eigenvalue weighted by Gasteiger charge is -2.14. The van der Waals surface area contributed by atoms with E-state index in [1.807, 2.05) is 24.3 Å². The van der Waals surface area contributed by atoms with Gasteiger partial charge in [-0.25, -0.2) is 14.8 Å². The van der Waals surface area contributed by atoms with Crippen molar-refractivity contribution >= 4 is 115 Å². The summed E-state index contributed by atoms with van der Waals surface area (Å²) >= 11 is 0. The first-order valence-corrected chi connectivity index (χ1v) is 29.1. The maximum atomic E-state index is 7.51. The highest BCUT2D eigenvalue weighted by Gasteiger charge is 2.22. The van der Waals surface area contributed by atoms with Crippen molar-refractivity contribution in [3.63, 3.8) is 0 Å². The summed E-state index contributed by atoms with van der Waals surface area (Å²) in [5.74, 6) is 0.623. The molecule has 0 aliphatic rings. The van der Waals surface area contributed by atoms with Gasteiger partial charge in [-0.3, -0.25) is 4.57 Å². The number of hydrogen-bond donors (Lipinski definition) is 0. The molecule has 0 bridgehead atoms. The second kappa shape index (κ2) is 18.6. The molecule has 0 fully saturated rings. The average molecular weight is 1090 g/mol. The van der Waals surface area contributed by atoms with Crippen LogP contribution >= 0.6 is 0 Å². The van der Waals surface area contributed by atoms with Crippen LogP contribution in [0.1, 0.15) is 0 Å². The molecule has 0 aliphatic heterocycles. The topological polar surface area (TPSA) is 49.9 Å². The van der Waals surface area contributed by atoms with Gasteiger partial charge in [0.15, 0.2) is 5.69 Å². The van der Waals surface area contributed by atoms with Crippen molar-refractivity contribution in [3.05, 3.63) is 297 Å². The Balaban J connectivity index is 0.765. The minimum Gasteiger partial charge on any atom is -0.309 e. The van der Waals surface area contributed by atoms with E-state index in [-0.39, 0.29) is 0 Å². The van der Waals surface area contributed by atoms with Crippen LogP contribution in [0.2, 0.25) is 0 Å². The van der Waals surface area contributed by atoms with Crippen LogP contribution in [0.5, 0.6) is 0 Å². The van der Waals surface area contributed by atoms with Crippen molar-refractivity contribution in [2.75, 3.05) is 0 Å². The van der Waals surface area contributed by atoms with Gasteiger partial charge in [-0.05, 0) is 143 Å². The second-order valence-electron chi connectivity index (χ2n) is 22.4. The second-order valence-corrected chi connectivity index (χ2v) is 22.4. The predicted molar refractivity (Wildman–Crippen MR) is 357 cm³/mol. The summed E-state index contributed by atoms with van der Waals surface area (Å²) in [6.45, 7) is 7.51. The molecule has 0 saturated heterocycles. The lowest BCUT2D eigenvalue weighted by molar-refractivity contribution is 1.02. The highest BCUT2D eigenvalue weighted by molar-refractivity contribution is 6.16. The van der Waals surface area contributed by atoms with Gasteiger partial charge < -0.3 is 13.7 Å². The molecule has 13 aromatic carbocycles. The third-order valence-corrected chi connectivity index (χ3v) is 17.8. The van der Waals surface area contributed by atoms with Crippen LogP contribution in [0.3, 0.4) is 0 Å². The Morgan fingerprint density at radius 1 is 0.256 bits per heavy atom. The van der Waals surface area contributed by atoms with Crippen molar-refractivity contribution in [1.29, 1.82) is 0 Å². The molecule has 0 saturated carbocycles. The molecule has 5 aromatic heterocycles. The molecule has 7 nitrogen and oxygen atoms in total. The van der Waals surface area contributed by atoms with Crippen LogP contribution in [-0.2, 0) is 0 Å². The van der Waals surface area contributed by atoms with Crippen molar-refractivity contribution < 1.29 is 0 Å². The number of para-hydroxylation sites is 5. The molecule has 0 amide bonds. The number of aromatic nitrogens is 6.